The second-order valence-corrected chi connectivity index (χ2v) is 8.22. The van der Waals surface area contributed by atoms with Gasteiger partial charge in [-0.2, -0.15) is 0 Å². The van der Waals surface area contributed by atoms with E-state index in [9.17, 15) is 13.5 Å². The van der Waals surface area contributed by atoms with Gasteiger partial charge < -0.3 is 5.11 Å². The molecule has 1 aromatic carbocycles. The van der Waals surface area contributed by atoms with Crippen LogP contribution in [0.3, 0.4) is 0 Å². The van der Waals surface area contributed by atoms with Gasteiger partial charge in [-0.05, 0) is 56.2 Å². The first-order valence-corrected chi connectivity index (χ1v) is 9.05. The van der Waals surface area contributed by atoms with Crippen LogP contribution >= 0.6 is 11.6 Å². The Hall–Kier alpha value is -0.620. The summed E-state index contributed by atoms with van der Waals surface area (Å²) in [6.07, 6.45) is 3.14. The van der Waals surface area contributed by atoms with Crippen molar-refractivity contribution in [3.05, 3.63) is 28.8 Å². The van der Waals surface area contributed by atoms with Crippen LogP contribution in [0.2, 0.25) is 5.02 Å². The lowest BCUT2D eigenvalue weighted by Crippen LogP contribution is -2.53. The number of benzene rings is 1. The summed E-state index contributed by atoms with van der Waals surface area (Å²) >= 11 is 5.91. The minimum Gasteiger partial charge on any atom is -0.394 e. The fourth-order valence-electron chi connectivity index (χ4n) is 2.81. The first-order chi connectivity index (χ1) is 9.78. The van der Waals surface area contributed by atoms with Gasteiger partial charge in [-0.1, -0.05) is 24.6 Å². The van der Waals surface area contributed by atoms with Crippen molar-refractivity contribution in [2.24, 2.45) is 5.92 Å². The summed E-state index contributed by atoms with van der Waals surface area (Å²) in [5, 5.41) is 10.1. The van der Waals surface area contributed by atoms with Crippen LogP contribution in [0.1, 0.15) is 38.2 Å². The van der Waals surface area contributed by atoms with Crippen LogP contribution in [0.5, 0.6) is 0 Å². The largest absolute Gasteiger partial charge is 0.394 e. The van der Waals surface area contributed by atoms with E-state index in [2.05, 4.69) is 11.6 Å². The van der Waals surface area contributed by atoms with Gasteiger partial charge in [-0.25, -0.2) is 13.1 Å². The number of sulfonamides is 1. The molecule has 2 N–H and O–H groups in total. The molecule has 4 nitrogen and oxygen atoms in total. The van der Waals surface area contributed by atoms with Gasteiger partial charge >= 0.3 is 0 Å². The molecule has 0 aromatic heterocycles. The molecule has 1 aliphatic carbocycles. The highest BCUT2D eigenvalue weighted by Gasteiger charge is 2.38. The van der Waals surface area contributed by atoms with Crippen LogP contribution in [0.4, 0.5) is 0 Å². The minimum absolute atomic E-state index is 0.182. The molecule has 21 heavy (non-hydrogen) atoms. The lowest BCUT2D eigenvalue weighted by atomic mass is 9.78. The molecule has 0 amide bonds. The van der Waals surface area contributed by atoms with Gasteiger partial charge in [0.25, 0.3) is 0 Å². The van der Waals surface area contributed by atoms with Crippen molar-refractivity contribution >= 4 is 21.6 Å². The number of halogens is 1. The van der Waals surface area contributed by atoms with E-state index < -0.39 is 15.6 Å². The van der Waals surface area contributed by atoms with Gasteiger partial charge in [0, 0.05) is 5.02 Å². The zero-order valence-corrected chi connectivity index (χ0v) is 14.0. The number of rotatable bonds is 4. The average Bonchev–Trinajstić information content (AvgIpc) is 2.44. The van der Waals surface area contributed by atoms with Crippen LogP contribution in [0, 0.1) is 12.8 Å². The third kappa shape index (κ3) is 3.77. The molecule has 118 valence electrons. The Kier molecular flexibility index (Phi) is 4.98. The van der Waals surface area contributed by atoms with Crippen molar-refractivity contribution in [1.82, 2.24) is 4.72 Å². The summed E-state index contributed by atoms with van der Waals surface area (Å²) in [6.45, 7) is 3.70. The van der Waals surface area contributed by atoms with Crippen LogP contribution in [0.25, 0.3) is 0 Å². The molecular formula is C15H22ClNO3S. The molecule has 1 aliphatic rings. The van der Waals surface area contributed by atoms with E-state index in [1.807, 2.05) is 0 Å². The molecule has 0 saturated heterocycles. The molecule has 0 spiro atoms. The number of nitrogens with one attached hydrogen (secondary N) is 1. The van der Waals surface area contributed by atoms with E-state index in [0.717, 1.165) is 12.8 Å². The smallest absolute Gasteiger partial charge is 0.241 e. The highest BCUT2D eigenvalue weighted by atomic mass is 35.5. The summed E-state index contributed by atoms with van der Waals surface area (Å²) in [7, 11) is -3.70. The Labute approximate surface area is 131 Å². The van der Waals surface area contributed by atoms with Gasteiger partial charge in [0.05, 0.1) is 17.0 Å². The fourth-order valence-corrected chi connectivity index (χ4v) is 4.77. The van der Waals surface area contributed by atoms with Crippen molar-refractivity contribution < 1.29 is 13.5 Å². The molecule has 2 rings (SSSR count). The number of hydrogen-bond acceptors (Lipinski definition) is 3. The van der Waals surface area contributed by atoms with Crippen LogP contribution in [0.15, 0.2) is 23.1 Å². The lowest BCUT2D eigenvalue weighted by molar-refractivity contribution is 0.125. The van der Waals surface area contributed by atoms with Gasteiger partial charge in [-0.3, -0.25) is 0 Å². The molecular weight excluding hydrogens is 310 g/mol. The Morgan fingerprint density at radius 2 is 2.00 bits per heavy atom. The maximum Gasteiger partial charge on any atom is 0.241 e. The summed E-state index contributed by atoms with van der Waals surface area (Å²) in [5.74, 6) is 0.571. The van der Waals surface area contributed by atoms with E-state index in [0.29, 0.717) is 29.3 Å². The molecule has 0 bridgehead atoms. The highest BCUT2D eigenvalue weighted by molar-refractivity contribution is 7.89. The summed E-state index contributed by atoms with van der Waals surface area (Å²) in [4.78, 5) is 0.182. The first kappa shape index (κ1) is 16.7. The zero-order chi connectivity index (χ0) is 15.7. The Morgan fingerprint density at radius 1 is 1.38 bits per heavy atom. The van der Waals surface area contributed by atoms with E-state index in [-0.39, 0.29) is 11.5 Å². The number of aliphatic hydroxyl groups excluding tert-OH is 1. The molecule has 0 atom stereocenters. The fraction of sp³-hybridized carbons (Fsp3) is 0.600. The van der Waals surface area contributed by atoms with Crippen molar-refractivity contribution in [3.8, 4) is 0 Å². The molecule has 1 aromatic rings. The average molecular weight is 332 g/mol. The third-order valence-corrected chi connectivity index (χ3v) is 6.28. The molecule has 0 unspecified atom stereocenters. The molecule has 1 saturated carbocycles. The Bertz CT molecular complexity index is 607. The second-order valence-electron chi connectivity index (χ2n) is 6.14. The normalized spacial score (nSPS) is 26.8. The minimum atomic E-state index is -3.70. The quantitative estimate of drug-likeness (QED) is 0.891. The molecule has 0 heterocycles. The number of hydrogen-bond donors (Lipinski definition) is 2. The van der Waals surface area contributed by atoms with Gasteiger partial charge in [0.15, 0.2) is 0 Å². The summed E-state index contributed by atoms with van der Waals surface area (Å²) in [6, 6.07) is 4.81. The van der Waals surface area contributed by atoms with Crippen LogP contribution in [-0.2, 0) is 10.0 Å². The van der Waals surface area contributed by atoms with Crippen LogP contribution < -0.4 is 4.72 Å². The van der Waals surface area contributed by atoms with Crippen LogP contribution in [-0.4, -0.2) is 25.7 Å². The van der Waals surface area contributed by atoms with Gasteiger partial charge in [-0.15, -0.1) is 0 Å². The van der Waals surface area contributed by atoms with E-state index in [1.54, 1.807) is 19.1 Å². The van der Waals surface area contributed by atoms with E-state index in [1.165, 1.54) is 6.07 Å². The maximum atomic E-state index is 12.6. The Morgan fingerprint density at radius 3 is 2.57 bits per heavy atom. The number of aliphatic hydroxyl groups is 1. The van der Waals surface area contributed by atoms with E-state index >= 15 is 0 Å². The van der Waals surface area contributed by atoms with Crippen molar-refractivity contribution in [1.29, 1.82) is 0 Å². The maximum absolute atomic E-state index is 12.6. The third-order valence-electron chi connectivity index (χ3n) is 4.32. The molecule has 6 heteroatoms. The molecule has 0 radical (unpaired) electrons. The molecule has 1 fully saturated rings. The van der Waals surface area contributed by atoms with Crippen molar-refractivity contribution in [2.75, 3.05) is 6.61 Å². The van der Waals surface area contributed by atoms with Gasteiger partial charge in [0.1, 0.15) is 0 Å². The topological polar surface area (TPSA) is 66.4 Å². The lowest BCUT2D eigenvalue weighted by Gasteiger charge is -2.38. The second kappa shape index (κ2) is 6.24. The SMILES string of the molecule is Cc1ccc(Cl)cc1S(=O)(=O)NC1(CO)CCC(C)CC1. The summed E-state index contributed by atoms with van der Waals surface area (Å²) in [5.41, 5.74) is -0.107. The zero-order valence-electron chi connectivity index (χ0n) is 12.4. The standard InChI is InChI=1S/C15H22ClNO3S/c1-11-5-7-15(10-18,8-6-11)17-21(19,20)14-9-13(16)4-3-12(14)2/h3-4,9,11,17-18H,5-8,10H2,1-2H3. The number of aryl methyl sites for hydroxylation is 1. The predicted octanol–water partition coefficient (Wildman–Crippen LogP) is 2.87. The van der Waals surface area contributed by atoms with Crippen molar-refractivity contribution in [3.63, 3.8) is 0 Å². The predicted molar refractivity (Wildman–Crippen MR) is 84.0 cm³/mol. The molecule has 0 aliphatic heterocycles. The Balaban J connectivity index is 2.29. The highest BCUT2D eigenvalue weighted by Crippen LogP contribution is 2.33. The van der Waals surface area contributed by atoms with Gasteiger partial charge in [0.2, 0.25) is 10.0 Å². The summed E-state index contributed by atoms with van der Waals surface area (Å²) < 4.78 is 28.0. The first-order valence-electron chi connectivity index (χ1n) is 7.19. The monoisotopic (exact) mass is 331 g/mol. The van der Waals surface area contributed by atoms with E-state index in [4.69, 9.17) is 11.6 Å². The van der Waals surface area contributed by atoms with Crippen molar-refractivity contribution in [2.45, 2.75) is 50.0 Å².